The monoisotopic (exact) mass is 341 g/mol. The fourth-order valence-corrected chi connectivity index (χ4v) is 3.49. The fraction of sp³-hybridized carbons (Fsp3) is 0.500. The first-order valence-corrected chi connectivity index (χ1v) is 9.03. The molecule has 134 valence electrons. The van der Waals surface area contributed by atoms with E-state index in [4.69, 9.17) is 4.74 Å². The van der Waals surface area contributed by atoms with Crippen LogP contribution in [0.1, 0.15) is 48.8 Å². The Morgan fingerprint density at radius 1 is 1.24 bits per heavy atom. The zero-order valence-corrected chi connectivity index (χ0v) is 15.3. The number of rotatable bonds is 5. The number of piperidine rings is 1. The van der Waals surface area contributed by atoms with Crippen molar-refractivity contribution < 1.29 is 9.53 Å². The Hall–Kier alpha value is -2.30. The van der Waals surface area contributed by atoms with Crippen molar-refractivity contribution in [2.45, 2.75) is 39.2 Å². The molecule has 0 radical (unpaired) electrons. The molecule has 0 aliphatic carbocycles. The Balaban J connectivity index is 1.56. The largest absolute Gasteiger partial charge is 0.497 e. The van der Waals surface area contributed by atoms with Crippen molar-refractivity contribution >= 4 is 5.91 Å². The van der Waals surface area contributed by atoms with Gasteiger partial charge < -0.3 is 14.2 Å². The molecule has 1 aliphatic heterocycles. The summed E-state index contributed by atoms with van der Waals surface area (Å²) in [6.07, 6.45) is 6.04. The number of likely N-dealkylation sites (tertiary alicyclic amines) is 1. The molecule has 1 aromatic heterocycles. The van der Waals surface area contributed by atoms with Crippen molar-refractivity contribution in [2.24, 2.45) is 5.92 Å². The molecule has 1 fully saturated rings. The number of ether oxygens (including phenoxy) is 1. The van der Waals surface area contributed by atoms with Gasteiger partial charge in [-0.3, -0.25) is 4.79 Å². The van der Waals surface area contributed by atoms with E-state index in [1.807, 2.05) is 35.4 Å². The van der Waals surface area contributed by atoms with Gasteiger partial charge in [-0.2, -0.15) is 0 Å². The quantitative estimate of drug-likeness (QED) is 0.835. The number of imidazole rings is 1. The van der Waals surface area contributed by atoms with Crippen LogP contribution in [-0.4, -0.2) is 40.6 Å². The number of hydrogen-bond donors (Lipinski definition) is 0. The number of carbonyl (C=O) groups excluding carboxylic acids is 1. The first-order chi connectivity index (χ1) is 12.1. The molecule has 0 spiro atoms. The number of carbonyl (C=O) groups is 1. The number of amides is 1. The first kappa shape index (κ1) is 17.5. The van der Waals surface area contributed by atoms with Crippen molar-refractivity contribution in [3.05, 3.63) is 48.0 Å². The third-order valence-corrected chi connectivity index (χ3v) is 4.96. The normalized spacial score (nSPS) is 15.6. The van der Waals surface area contributed by atoms with Gasteiger partial charge in [0.25, 0.3) is 5.91 Å². The van der Waals surface area contributed by atoms with Crippen LogP contribution in [0.2, 0.25) is 0 Å². The maximum atomic E-state index is 12.6. The van der Waals surface area contributed by atoms with Gasteiger partial charge >= 0.3 is 0 Å². The minimum absolute atomic E-state index is 0.117. The van der Waals surface area contributed by atoms with E-state index >= 15 is 0 Å². The van der Waals surface area contributed by atoms with E-state index in [9.17, 15) is 4.79 Å². The zero-order valence-electron chi connectivity index (χ0n) is 15.3. The van der Waals surface area contributed by atoms with Gasteiger partial charge in [0, 0.05) is 43.5 Å². The second-order valence-electron chi connectivity index (χ2n) is 7.06. The Bertz CT molecular complexity index is 698. The van der Waals surface area contributed by atoms with Gasteiger partial charge in [-0.05, 0) is 43.0 Å². The van der Waals surface area contributed by atoms with E-state index in [-0.39, 0.29) is 5.91 Å². The molecule has 5 heteroatoms. The van der Waals surface area contributed by atoms with E-state index in [0.29, 0.717) is 11.8 Å². The Morgan fingerprint density at radius 2 is 1.92 bits per heavy atom. The van der Waals surface area contributed by atoms with Gasteiger partial charge in [-0.1, -0.05) is 13.8 Å². The molecule has 0 bridgehead atoms. The SMILES string of the molecule is COc1ccc(C(=O)N2CCC(Cn3ccnc3C(C)C)CC2)cc1. The maximum Gasteiger partial charge on any atom is 0.253 e. The molecular formula is C20H27N3O2. The number of methoxy groups -OCH3 is 1. The second-order valence-corrected chi connectivity index (χ2v) is 7.06. The van der Waals surface area contributed by atoms with Crippen LogP contribution in [0.3, 0.4) is 0 Å². The molecule has 25 heavy (non-hydrogen) atoms. The number of benzene rings is 1. The molecule has 1 aliphatic rings. The van der Waals surface area contributed by atoms with Gasteiger partial charge in [-0.25, -0.2) is 4.98 Å². The summed E-state index contributed by atoms with van der Waals surface area (Å²) in [7, 11) is 1.63. The second kappa shape index (κ2) is 7.72. The molecule has 0 atom stereocenters. The van der Waals surface area contributed by atoms with Crippen molar-refractivity contribution in [3.8, 4) is 5.75 Å². The number of aromatic nitrogens is 2. The average molecular weight is 341 g/mol. The molecule has 1 amide bonds. The van der Waals surface area contributed by atoms with Crippen LogP contribution >= 0.6 is 0 Å². The topological polar surface area (TPSA) is 47.4 Å². The summed E-state index contributed by atoms with van der Waals surface area (Å²) in [5, 5.41) is 0. The molecule has 5 nitrogen and oxygen atoms in total. The lowest BCUT2D eigenvalue weighted by Gasteiger charge is -2.32. The molecule has 0 saturated carbocycles. The van der Waals surface area contributed by atoms with Crippen LogP contribution in [0, 0.1) is 5.92 Å². The summed E-state index contributed by atoms with van der Waals surface area (Å²) < 4.78 is 7.43. The van der Waals surface area contributed by atoms with Gasteiger partial charge in [0.2, 0.25) is 0 Å². The smallest absolute Gasteiger partial charge is 0.253 e. The lowest BCUT2D eigenvalue weighted by atomic mass is 9.96. The molecular weight excluding hydrogens is 314 g/mol. The van der Waals surface area contributed by atoms with Gasteiger partial charge in [0.15, 0.2) is 0 Å². The molecule has 1 saturated heterocycles. The van der Waals surface area contributed by atoms with Crippen molar-refractivity contribution in [3.63, 3.8) is 0 Å². The molecule has 2 aromatic rings. The summed E-state index contributed by atoms with van der Waals surface area (Å²) in [5.41, 5.74) is 0.732. The van der Waals surface area contributed by atoms with E-state index in [0.717, 1.165) is 49.6 Å². The molecule has 2 heterocycles. The summed E-state index contributed by atoms with van der Waals surface area (Å²) in [6.45, 7) is 6.99. The molecule has 3 rings (SSSR count). The van der Waals surface area contributed by atoms with Crippen LogP contribution in [0.4, 0.5) is 0 Å². The lowest BCUT2D eigenvalue weighted by molar-refractivity contribution is 0.0682. The van der Waals surface area contributed by atoms with Gasteiger partial charge in [0.1, 0.15) is 11.6 Å². The molecule has 1 aromatic carbocycles. The Morgan fingerprint density at radius 3 is 2.52 bits per heavy atom. The zero-order chi connectivity index (χ0) is 17.8. The van der Waals surface area contributed by atoms with E-state index in [1.54, 1.807) is 7.11 Å². The standard InChI is InChI=1S/C20H27N3O2/c1-15(2)19-21-10-13-23(19)14-16-8-11-22(12-9-16)20(24)17-4-6-18(25-3)7-5-17/h4-7,10,13,15-16H,8-9,11-12,14H2,1-3H3. The average Bonchev–Trinajstić information content (AvgIpc) is 3.10. The minimum atomic E-state index is 0.117. The number of nitrogens with zero attached hydrogens (tertiary/aromatic N) is 3. The van der Waals surface area contributed by atoms with Gasteiger partial charge in [-0.15, -0.1) is 0 Å². The van der Waals surface area contributed by atoms with Crippen LogP contribution in [-0.2, 0) is 6.54 Å². The number of hydrogen-bond acceptors (Lipinski definition) is 3. The highest BCUT2D eigenvalue weighted by Gasteiger charge is 2.24. The third kappa shape index (κ3) is 4.03. The van der Waals surface area contributed by atoms with Crippen molar-refractivity contribution in [1.29, 1.82) is 0 Å². The molecule has 0 N–H and O–H groups in total. The summed E-state index contributed by atoms with van der Waals surface area (Å²) in [5.74, 6) is 3.08. The lowest BCUT2D eigenvalue weighted by Crippen LogP contribution is -2.39. The van der Waals surface area contributed by atoms with Gasteiger partial charge in [0.05, 0.1) is 7.11 Å². The summed E-state index contributed by atoms with van der Waals surface area (Å²) in [6, 6.07) is 7.36. The highest BCUT2D eigenvalue weighted by atomic mass is 16.5. The van der Waals surface area contributed by atoms with Crippen LogP contribution in [0.25, 0.3) is 0 Å². The minimum Gasteiger partial charge on any atom is -0.497 e. The van der Waals surface area contributed by atoms with Crippen molar-refractivity contribution in [1.82, 2.24) is 14.5 Å². The van der Waals surface area contributed by atoms with E-state index < -0.39 is 0 Å². The fourth-order valence-electron chi connectivity index (χ4n) is 3.49. The summed E-state index contributed by atoms with van der Waals surface area (Å²) in [4.78, 5) is 19.1. The predicted molar refractivity (Wildman–Crippen MR) is 97.9 cm³/mol. The third-order valence-electron chi connectivity index (χ3n) is 4.96. The Kier molecular flexibility index (Phi) is 5.41. The first-order valence-electron chi connectivity index (χ1n) is 9.03. The van der Waals surface area contributed by atoms with Crippen LogP contribution < -0.4 is 4.74 Å². The van der Waals surface area contributed by atoms with E-state index in [2.05, 4.69) is 29.6 Å². The van der Waals surface area contributed by atoms with Crippen LogP contribution in [0.15, 0.2) is 36.7 Å². The predicted octanol–water partition coefficient (Wildman–Crippen LogP) is 3.57. The van der Waals surface area contributed by atoms with Crippen molar-refractivity contribution in [2.75, 3.05) is 20.2 Å². The summed E-state index contributed by atoms with van der Waals surface area (Å²) >= 11 is 0. The highest BCUT2D eigenvalue weighted by molar-refractivity contribution is 5.94. The van der Waals surface area contributed by atoms with Crippen LogP contribution in [0.5, 0.6) is 5.75 Å². The Labute approximate surface area is 149 Å². The maximum absolute atomic E-state index is 12.6. The van der Waals surface area contributed by atoms with E-state index in [1.165, 1.54) is 0 Å². The molecule has 0 unspecified atom stereocenters. The highest BCUT2D eigenvalue weighted by Crippen LogP contribution is 2.23.